The van der Waals surface area contributed by atoms with E-state index in [9.17, 15) is 0 Å². The van der Waals surface area contributed by atoms with E-state index in [0.29, 0.717) is 0 Å². The maximum atomic E-state index is 6.25. The van der Waals surface area contributed by atoms with Gasteiger partial charge in [-0.15, -0.1) is 0 Å². The molecule has 2 saturated heterocycles. The van der Waals surface area contributed by atoms with E-state index in [1.807, 2.05) is 12.1 Å². The molecule has 0 spiro atoms. The molecule has 1 N–H and O–H groups in total. The van der Waals surface area contributed by atoms with Gasteiger partial charge in [0, 0.05) is 0 Å². The Kier molecular flexibility index (Phi) is 5.79. The van der Waals surface area contributed by atoms with Gasteiger partial charge in [-0.1, -0.05) is 18.1 Å². The van der Waals surface area contributed by atoms with Crippen LogP contribution in [0.5, 0.6) is 5.75 Å². The van der Waals surface area contributed by atoms with Gasteiger partial charge in [0.05, 0.1) is 44.6 Å². The van der Waals surface area contributed by atoms with E-state index < -0.39 is 0 Å². The zero-order valence-electron chi connectivity index (χ0n) is 16.7. The van der Waals surface area contributed by atoms with Crippen LogP contribution in [0.2, 0.25) is 0 Å². The third-order valence-electron chi connectivity index (χ3n) is 5.52. The number of quaternary nitrogens is 1. The number of hydrogen-bond acceptors (Lipinski definition) is 3. The van der Waals surface area contributed by atoms with Crippen molar-refractivity contribution in [1.29, 1.82) is 0 Å². The van der Waals surface area contributed by atoms with E-state index in [4.69, 9.17) is 9.47 Å². The second-order valence-electron chi connectivity index (χ2n) is 8.33. The highest BCUT2D eigenvalue weighted by molar-refractivity contribution is 5.58. The summed E-state index contributed by atoms with van der Waals surface area (Å²) < 4.78 is 11.7. The lowest BCUT2D eigenvalue weighted by Gasteiger charge is -2.40. The van der Waals surface area contributed by atoms with Crippen molar-refractivity contribution >= 4 is 5.69 Å². The van der Waals surface area contributed by atoms with Crippen molar-refractivity contribution in [2.24, 2.45) is 0 Å². The van der Waals surface area contributed by atoms with Crippen molar-refractivity contribution in [2.75, 3.05) is 44.7 Å². The quantitative estimate of drug-likeness (QED) is 0.840. The fourth-order valence-electron chi connectivity index (χ4n) is 4.14. The van der Waals surface area contributed by atoms with Gasteiger partial charge in [-0.25, -0.2) is 0 Å². The summed E-state index contributed by atoms with van der Waals surface area (Å²) >= 11 is 0. The molecule has 0 radical (unpaired) electrons. The average Bonchev–Trinajstić information content (AvgIpc) is 2.61. The summed E-state index contributed by atoms with van der Waals surface area (Å²) in [6, 6.07) is 8.28. The number of ether oxygens (including phenoxy) is 2. The molecule has 2 heterocycles. The Hall–Kier alpha value is -1.70. The first kappa shape index (κ1) is 19.1. The third kappa shape index (κ3) is 4.72. The minimum Gasteiger partial charge on any atom is -0.495 e. The number of anilines is 1. The van der Waals surface area contributed by atoms with Crippen molar-refractivity contribution in [3.8, 4) is 17.6 Å². The Morgan fingerprint density at radius 2 is 1.88 bits per heavy atom. The predicted molar refractivity (Wildman–Crippen MR) is 106 cm³/mol. The van der Waals surface area contributed by atoms with E-state index in [1.54, 1.807) is 12.0 Å². The van der Waals surface area contributed by atoms with Crippen LogP contribution in [0.4, 0.5) is 5.69 Å². The zero-order valence-corrected chi connectivity index (χ0v) is 16.7. The molecule has 0 bridgehead atoms. The fraction of sp³-hybridized carbons (Fsp3) is 0.636. The minimum atomic E-state index is -0.277. The molecule has 26 heavy (non-hydrogen) atoms. The molecule has 1 atom stereocenters. The van der Waals surface area contributed by atoms with Gasteiger partial charge < -0.3 is 19.3 Å². The molecule has 1 aromatic rings. The number of benzene rings is 1. The Labute approximate surface area is 158 Å². The van der Waals surface area contributed by atoms with Crippen LogP contribution in [0.15, 0.2) is 24.3 Å². The van der Waals surface area contributed by atoms with Crippen molar-refractivity contribution in [1.82, 2.24) is 0 Å². The summed E-state index contributed by atoms with van der Waals surface area (Å²) in [6.07, 6.45) is 3.36. The molecule has 3 rings (SSSR count). The van der Waals surface area contributed by atoms with Gasteiger partial charge in [0.2, 0.25) is 0 Å². The molecule has 4 heteroatoms. The van der Waals surface area contributed by atoms with Gasteiger partial charge in [-0.05, 0) is 58.1 Å². The Morgan fingerprint density at radius 1 is 1.15 bits per heavy atom. The zero-order chi connectivity index (χ0) is 18.6. The van der Waals surface area contributed by atoms with E-state index in [0.717, 1.165) is 51.3 Å². The van der Waals surface area contributed by atoms with Crippen LogP contribution < -0.4 is 14.5 Å². The normalized spacial score (nSPS) is 26.1. The lowest BCUT2D eigenvalue weighted by atomic mass is 9.88. The molecule has 2 aliphatic heterocycles. The molecule has 0 amide bonds. The summed E-state index contributed by atoms with van der Waals surface area (Å²) in [5.41, 5.74) is 0.875. The summed E-state index contributed by atoms with van der Waals surface area (Å²) in [5.74, 6) is 7.82. The lowest BCUT2D eigenvalue weighted by molar-refractivity contribution is -0.893. The highest BCUT2D eigenvalue weighted by atomic mass is 16.5. The van der Waals surface area contributed by atoms with E-state index >= 15 is 0 Å². The molecule has 0 saturated carbocycles. The third-order valence-corrected chi connectivity index (χ3v) is 5.52. The Balaban J connectivity index is 1.52. The molecule has 0 aliphatic carbocycles. The summed E-state index contributed by atoms with van der Waals surface area (Å²) in [6.45, 7) is 11.7. The van der Waals surface area contributed by atoms with Crippen LogP contribution in [-0.2, 0) is 4.74 Å². The molecule has 4 nitrogen and oxygen atoms in total. The van der Waals surface area contributed by atoms with E-state index in [2.05, 4.69) is 49.6 Å². The highest BCUT2D eigenvalue weighted by Gasteiger charge is 2.36. The number of nitrogens with zero attached hydrogens (tertiary/aromatic N) is 1. The van der Waals surface area contributed by atoms with Crippen LogP contribution in [0.1, 0.15) is 40.0 Å². The standard InChI is InChI=1S/C22H32N2O2/c1-21(2)11-7-12-22(3,26-21)13-8-14-23-15-17-24(18-16-23)19-9-5-6-10-20(19)25-4/h5-6,9-10H,7,11-12,14-18H2,1-4H3/p+1/t22-/m1/s1. The van der Waals surface area contributed by atoms with Crippen molar-refractivity contribution in [3.05, 3.63) is 24.3 Å². The molecule has 142 valence electrons. The van der Waals surface area contributed by atoms with Crippen LogP contribution >= 0.6 is 0 Å². The van der Waals surface area contributed by atoms with E-state index in [1.165, 1.54) is 12.1 Å². The maximum absolute atomic E-state index is 6.25. The fourth-order valence-corrected chi connectivity index (χ4v) is 4.14. The number of rotatable bonds is 3. The van der Waals surface area contributed by atoms with Gasteiger partial charge in [0.15, 0.2) is 0 Å². The number of methoxy groups -OCH3 is 1. The molecule has 2 fully saturated rings. The van der Waals surface area contributed by atoms with Gasteiger partial charge in [0.1, 0.15) is 17.9 Å². The molecular formula is C22H33N2O2+. The Morgan fingerprint density at radius 3 is 2.58 bits per heavy atom. The smallest absolute Gasteiger partial charge is 0.142 e. The van der Waals surface area contributed by atoms with Crippen molar-refractivity contribution in [3.63, 3.8) is 0 Å². The van der Waals surface area contributed by atoms with Crippen LogP contribution in [0.25, 0.3) is 0 Å². The molecule has 0 unspecified atom stereocenters. The van der Waals surface area contributed by atoms with E-state index in [-0.39, 0.29) is 11.2 Å². The number of hydrogen-bond donors (Lipinski definition) is 1. The summed E-state index contributed by atoms with van der Waals surface area (Å²) in [5, 5.41) is 0. The van der Waals surface area contributed by atoms with Crippen LogP contribution in [-0.4, -0.2) is 51.0 Å². The minimum absolute atomic E-state index is 0.0467. The van der Waals surface area contributed by atoms with Gasteiger partial charge in [-0.3, -0.25) is 0 Å². The first-order chi connectivity index (χ1) is 12.4. The molecular weight excluding hydrogens is 324 g/mol. The average molecular weight is 358 g/mol. The van der Waals surface area contributed by atoms with Gasteiger partial charge in [-0.2, -0.15) is 0 Å². The second-order valence-corrected chi connectivity index (χ2v) is 8.33. The highest BCUT2D eigenvalue weighted by Crippen LogP contribution is 2.34. The predicted octanol–water partition coefficient (Wildman–Crippen LogP) is 2.14. The summed E-state index contributed by atoms with van der Waals surface area (Å²) in [4.78, 5) is 3.98. The number of piperazine rings is 1. The first-order valence-corrected chi connectivity index (χ1v) is 9.83. The monoisotopic (exact) mass is 357 g/mol. The first-order valence-electron chi connectivity index (χ1n) is 9.83. The summed E-state index contributed by atoms with van der Waals surface area (Å²) in [7, 11) is 1.74. The van der Waals surface area contributed by atoms with Crippen LogP contribution in [0.3, 0.4) is 0 Å². The largest absolute Gasteiger partial charge is 0.495 e. The van der Waals surface area contributed by atoms with Crippen LogP contribution in [0, 0.1) is 11.8 Å². The topological polar surface area (TPSA) is 26.1 Å². The molecule has 0 aromatic heterocycles. The number of para-hydroxylation sites is 2. The van der Waals surface area contributed by atoms with Gasteiger partial charge in [0.25, 0.3) is 0 Å². The lowest BCUT2D eigenvalue weighted by Crippen LogP contribution is -3.14. The Bertz CT molecular complexity index is 668. The van der Waals surface area contributed by atoms with Crippen molar-refractivity contribution < 1.29 is 14.4 Å². The number of nitrogens with one attached hydrogen (secondary N) is 1. The second kappa shape index (κ2) is 7.90. The SMILES string of the molecule is COc1ccccc1N1CC[NH+](CC#C[C@@]2(C)CCCC(C)(C)O2)CC1. The maximum Gasteiger partial charge on any atom is 0.142 e. The van der Waals surface area contributed by atoms with Crippen molar-refractivity contribution in [2.45, 2.75) is 51.2 Å². The van der Waals surface area contributed by atoms with Gasteiger partial charge >= 0.3 is 0 Å². The molecule has 1 aromatic carbocycles. The molecule has 2 aliphatic rings.